The monoisotopic (exact) mass is 217 g/mol. The number of fused-ring (bicyclic) bond motifs is 1. The Labute approximate surface area is 93.7 Å². The smallest absolute Gasteiger partial charge is 0.258 e. The number of hydrogen-bond donors (Lipinski definition) is 2. The third kappa shape index (κ3) is 1.79. The van der Waals surface area contributed by atoms with Crippen LogP contribution in [0.2, 0.25) is 0 Å². The minimum absolute atomic E-state index is 0.0583. The maximum Gasteiger partial charge on any atom is 0.258 e. The number of nitrogens with zero attached hydrogens (tertiary/aromatic N) is 1. The summed E-state index contributed by atoms with van der Waals surface area (Å²) in [6, 6.07) is 7.42. The second kappa shape index (κ2) is 4.37. The fraction of sp³-hybridized carbons (Fsp3) is 0.250. The molecule has 2 rings (SSSR count). The number of pyridine rings is 1. The Bertz CT molecular complexity index is 560. The molecule has 0 saturated heterocycles. The van der Waals surface area contributed by atoms with E-state index in [0.717, 1.165) is 29.4 Å². The number of aromatic nitrogens is 1. The van der Waals surface area contributed by atoms with Gasteiger partial charge < -0.3 is 9.99 Å². The third-order valence-electron chi connectivity index (χ3n) is 2.61. The van der Waals surface area contributed by atoms with E-state index in [9.17, 15) is 4.79 Å². The first-order chi connectivity index (χ1) is 7.76. The molecule has 1 heterocycles. The van der Waals surface area contributed by atoms with E-state index in [2.05, 4.69) is 12.3 Å². The van der Waals surface area contributed by atoms with Gasteiger partial charge in [-0.3, -0.25) is 10.6 Å². The van der Waals surface area contributed by atoms with Gasteiger partial charge in [-0.25, -0.2) is 0 Å². The fourth-order valence-corrected chi connectivity index (χ4v) is 1.79. The average molecular weight is 217 g/mol. The Morgan fingerprint density at radius 2 is 2.19 bits per heavy atom. The molecule has 4 nitrogen and oxygen atoms in total. The van der Waals surface area contributed by atoms with Crippen LogP contribution in [0, 0.1) is 0 Å². The zero-order valence-corrected chi connectivity index (χ0v) is 9.23. The Hall–Kier alpha value is -1.81. The van der Waals surface area contributed by atoms with Gasteiger partial charge in [0.25, 0.3) is 5.56 Å². The predicted octanol–water partition coefficient (Wildman–Crippen LogP) is 1.70. The van der Waals surface area contributed by atoms with E-state index in [-0.39, 0.29) is 5.56 Å². The number of benzene rings is 1. The molecule has 1 aromatic heterocycles. The molecule has 84 valence electrons. The summed E-state index contributed by atoms with van der Waals surface area (Å²) in [6.07, 6.45) is 2.78. The van der Waals surface area contributed by atoms with Crippen LogP contribution in [0.5, 0.6) is 0 Å². The van der Waals surface area contributed by atoms with Crippen molar-refractivity contribution in [1.29, 1.82) is 0 Å². The number of nitrogens with one attached hydrogen (secondary N) is 1. The second-order valence-electron chi connectivity index (χ2n) is 3.76. The first-order valence-electron chi connectivity index (χ1n) is 5.36. The van der Waals surface area contributed by atoms with Crippen molar-refractivity contribution in [2.75, 3.05) is 5.43 Å². The summed E-state index contributed by atoms with van der Waals surface area (Å²) in [4.78, 5) is 12.0. The van der Waals surface area contributed by atoms with Crippen LogP contribution in [0.15, 0.2) is 35.3 Å². The summed E-state index contributed by atoms with van der Waals surface area (Å²) in [7, 11) is 0. The number of hydrazine groups is 1. The number of rotatable bonds is 3. The van der Waals surface area contributed by atoms with E-state index in [1.54, 1.807) is 16.7 Å². The maximum absolute atomic E-state index is 12.0. The molecule has 0 atom stereocenters. The van der Waals surface area contributed by atoms with Gasteiger partial charge in [-0.15, -0.1) is 0 Å². The zero-order chi connectivity index (χ0) is 11.5. The van der Waals surface area contributed by atoms with Crippen LogP contribution in [0.4, 0.5) is 5.69 Å². The van der Waals surface area contributed by atoms with E-state index < -0.39 is 0 Å². The standard InChI is InChI=1S/C12H15N3O/c1-2-6-15-7-5-9-8-10(14-13)3-4-11(9)12(15)16/h3-5,7-8,14H,2,6,13H2,1H3. The lowest BCUT2D eigenvalue weighted by atomic mass is 10.1. The highest BCUT2D eigenvalue weighted by Crippen LogP contribution is 2.15. The Morgan fingerprint density at radius 1 is 1.38 bits per heavy atom. The topological polar surface area (TPSA) is 60.1 Å². The second-order valence-corrected chi connectivity index (χ2v) is 3.76. The van der Waals surface area contributed by atoms with E-state index in [1.807, 2.05) is 18.3 Å². The summed E-state index contributed by atoms with van der Waals surface area (Å²) >= 11 is 0. The number of hydrogen-bond acceptors (Lipinski definition) is 3. The molecule has 0 saturated carbocycles. The van der Waals surface area contributed by atoms with Crippen LogP contribution in [-0.4, -0.2) is 4.57 Å². The van der Waals surface area contributed by atoms with Gasteiger partial charge in [0, 0.05) is 23.8 Å². The molecule has 0 radical (unpaired) electrons. The van der Waals surface area contributed by atoms with Crippen molar-refractivity contribution in [3.8, 4) is 0 Å². The molecule has 0 aliphatic rings. The highest BCUT2D eigenvalue weighted by Gasteiger charge is 2.02. The maximum atomic E-state index is 12.0. The molecular formula is C12H15N3O. The Kier molecular flexibility index (Phi) is 2.92. The van der Waals surface area contributed by atoms with Gasteiger partial charge in [-0.05, 0) is 36.1 Å². The summed E-state index contributed by atoms with van der Waals surface area (Å²) in [6.45, 7) is 2.81. The molecule has 0 fully saturated rings. The van der Waals surface area contributed by atoms with Crippen molar-refractivity contribution in [1.82, 2.24) is 4.57 Å². The minimum Gasteiger partial charge on any atom is -0.324 e. The highest BCUT2D eigenvalue weighted by molar-refractivity contribution is 5.84. The first-order valence-corrected chi connectivity index (χ1v) is 5.36. The molecule has 0 amide bonds. The van der Waals surface area contributed by atoms with Crippen LogP contribution < -0.4 is 16.8 Å². The third-order valence-corrected chi connectivity index (χ3v) is 2.61. The molecule has 0 bridgehead atoms. The van der Waals surface area contributed by atoms with Crippen LogP contribution in [0.25, 0.3) is 10.8 Å². The summed E-state index contributed by atoms with van der Waals surface area (Å²) in [5.41, 5.74) is 3.43. The van der Waals surface area contributed by atoms with Gasteiger partial charge in [-0.2, -0.15) is 0 Å². The molecule has 0 unspecified atom stereocenters. The van der Waals surface area contributed by atoms with Crippen molar-refractivity contribution in [2.24, 2.45) is 5.84 Å². The Balaban J connectivity index is 2.62. The first kappa shape index (κ1) is 10.7. The lowest BCUT2D eigenvalue weighted by Crippen LogP contribution is -2.19. The molecule has 0 aliphatic carbocycles. The number of nitrogen functional groups attached to an aromatic ring is 1. The SMILES string of the molecule is CCCn1ccc2cc(NN)ccc2c1=O. The van der Waals surface area contributed by atoms with Crippen molar-refractivity contribution >= 4 is 16.5 Å². The van der Waals surface area contributed by atoms with Crippen LogP contribution >= 0.6 is 0 Å². The highest BCUT2D eigenvalue weighted by atomic mass is 16.1. The van der Waals surface area contributed by atoms with Crippen molar-refractivity contribution in [2.45, 2.75) is 19.9 Å². The molecule has 3 N–H and O–H groups in total. The van der Waals surface area contributed by atoms with E-state index in [4.69, 9.17) is 5.84 Å². The quantitative estimate of drug-likeness (QED) is 0.607. The van der Waals surface area contributed by atoms with Crippen LogP contribution in [-0.2, 0) is 6.54 Å². The van der Waals surface area contributed by atoms with Crippen molar-refractivity contribution in [3.05, 3.63) is 40.8 Å². The van der Waals surface area contributed by atoms with Gasteiger partial charge in [0.2, 0.25) is 0 Å². The molecule has 0 spiro atoms. The van der Waals surface area contributed by atoms with E-state index in [0.29, 0.717) is 0 Å². The van der Waals surface area contributed by atoms with Gasteiger partial charge in [-0.1, -0.05) is 6.92 Å². The zero-order valence-electron chi connectivity index (χ0n) is 9.23. The molecule has 1 aromatic carbocycles. The largest absolute Gasteiger partial charge is 0.324 e. The van der Waals surface area contributed by atoms with E-state index in [1.165, 1.54) is 0 Å². The molecule has 0 aliphatic heterocycles. The van der Waals surface area contributed by atoms with Crippen molar-refractivity contribution in [3.63, 3.8) is 0 Å². The van der Waals surface area contributed by atoms with Crippen LogP contribution in [0.1, 0.15) is 13.3 Å². The van der Waals surface area contributed by atoms with Crippen LogP contribution in [0.3, 0.4) is 0 Å². The summed E-state index contributed by atoms with van der Waals surface area (Å²) in [5.74, 6) is 5.32. The predicted molar refractivity (Wildman–Crippen MR) is 66.3 cm³/mol. The van der Waals surface area contributed by atoms with Gasteiger partial charge in [0.15, 0.2) is 0 Å². The molecule has 16 heavy (non-hydrogen) atoms. The number of nitrogens with two attached hydrogens (primary N) is 1. The minimum atomic E-state index is 0.0583. The Morgan fingerprint density at radius 3 is 2.88 bits per heavy atom. The fourth-order valence-electron chi connectivity index (χ4n) is 1.79. The van der Waals surface area contributed by atoms with Gasteiger partial charge >= 0.3 is 0 Å². The summed E-state index contributed by atoms with van der Waals surface area (Å²) < 4.78 is 1.73. The van der Waals surface area contributed by atoms with Crippen molar-refractivity contribution < 1.29 is 0 Å². The number of anilines is 1. The average Bonchev–Trinajstić information content (AvgIpc) is 2.32. The lowest BCUT2D eigenvalue weighted by Gasteiger charge is -2.06. The molecule has 2 aromatic rings. The normalized spacial score (nSPS) is 10.6. The van der Waals surface area contributed by atoms with Gasteiger partial charge in [0.05, 0.1) is 0 Å². The molecule has 4 heteroatoms. The lowest BCUT2D eigenvalue weighted by molar-refractivity contribution is 0.659. The molecular weight excluding hydrogens is 202 g/mol. The number of aryl methyl sites for hydroxylation is 1. The van der Waals surface area contributed by atoms with E-state index >= 15 is 0 Å². The van der Waals surface area contributed by atoms with Gasteiger partial charge in [0.1, 0.15) is 0 Å². The summed E-state index contributed by atoms with van der Waals surface area (Å²) in [5, 5.41) is 1.64.